The van der Waals surface area contributed by atoms with Crippen LogP contribution in [-0.2, 0) is 24.2 Å². The van der Waals surface area contributed by atoms with Crippen molar-refractivity contribution in [2.24, 2.45) is 0 Å². The first kappa shape index (κ1) is 17.7. The number of aliphatic hydroxyl groups is 1. The molecule has 0 bridgehead atoms. The summed E-state index contributed by atoms with van der Waals surface area (Å²) in [6.45, 7) is 2.62. The summed E-state index contributed by atoms with van der Waals surface area (Å²) in [5.41, 5.74) is 4.58. The van der Waals surface area contributed by atoms with Crippen LogP contribution < -0.4 is 5.32 Å². The van der Waals surface area contributed by atoms with Gasteiger partial charge in [0.1, 0.15) is 0 Å². The molecule has 1 aliphatic heterocycles. The normalized spacial score (nSPS) is 15.4. The van der Waals surface area contributed by atoms with Gasteiger partial charge in [-0.05, 0) is 29.2 Å². The van der Waals surface area contributed by atoms with Crippen molar-refractivity contribution < 1.29 is 9.90 Å². The van der Waals surface area contributed by atoms with E-state index < -0.39 is 6.10 Å². The van der Waals surface area contributed by atoms with Gasteiger partial charge >= 0.3 is 0 Å². The highest BCUT2D eigenvalue weighted by Crippen LogP contribution is 2.19. The van der Waals surface area contributed by atoms with Gasteiger partial charge < -0.3 is 15.4 Å². The van der Waals surface area contributed by atoms with E-state index in [1.165, 1.54) is 11.1 Å². The van der Waals surface area contributed by atoms with Crippen LogP contribution in [0.4, 0.5) is 0 Å². The summed E-state index contributed by atoms with van der Waals surface area (Å²) in [4.78, 5) is 21.7. The van der Waals surface area contributed by atoms with E-state index in [1.54, 1.807) is 12.4 Å². The van der Waals surface area contributed by atoms with Gasteiger partial charge in [-0.15, -0.1) is 0 Å². The number of benzene rings is 1. The van der Waals surface area contributed by atoms with E-state index in [2.05, 4.69) is 44.5 Å². The topological polar surface area (TPSA) is 81.2 Å². The van der Waals surface area contributed by atoms with Crippen LogP contribution in [0, 0.1) is 0 Å². The van der Waals surface area contributed by atoms with Crippen LogP contribution in [-0.4, -0.2) is 51.6 Å². The first-order valence-corrected chi connectivity index (χ1v) is 9.33. The van der Waals surface area contributed by atoms with E-state index >= 15 is 0 Å². The molecule has 4 rings (SSSR count). The first-order valence-electron chi connectivity index (χ1n) is 9.33. The predicted molar refractivity (Wildman–Crippen MR) is 104 cm³/mol. The number of carbonyl (C=O) groups excluding carboxylic acids is 1. The number of fused-ring (bicyclic) bond motifs is 2. The number of nitrogens with zero attached hydrogens (tertiary/aromatic N) is 2. The number of rotatable bonds is 6. The second-order valence-electron chi connectivity index (χ2n) is 7.12. The molecule has 1 amide bonds. The van der Waals surface area contributed by atoms with Crippen molar-refractivity contribution in [3.05, 3.63) is 65.6 Å². The van der Waals surface area contributed by atoms with Crippen LogP contribution in [0.5, 0.6) is 0 Å². The third-order valence-electron chi connectivity index (χ3n) is 5.13. The molecule has 27 heavy (non-hydrogen) atoms. The number of nitrogens with one attached hydrogen (secondary N) is 2. The molecule has 0 saturated heterocycles. The lowest BCUT2D eigenvalue weighted by molar-refractivity contribution is -0.120. The van der Waals surface area contributed by atoms with Gasteiger partial charge in [0.25, 0.3) is 0 Å². The number of hydrogen-bond acceptors (Lipinski definition) is 4. The molecular weight excluding hydrogens is 340 g/mol. The van der Waals surface area contributed by atoms with E-state index in [1.807, 2.05) is 12.3 Å². The average Bonchev–Trinajstić information content (AvgIpc) is 3.09. The number of aromatic nitrogens is 2. The lowest BCUT2D eigenvalue weighted by Gasteiger charge is -2.30. The molecule has 140 valence electrons. The minimum atomic E-state index is -0.577. The molecule has 1 aromatic carbocycles. The molecule has 3 heterocycles. The van der Waals surface area contributed by atoms with Gasteiger partial charge in [0.15, 0.2) is 0 Å². The van der Waals surface area contributed by atoms with Crippen molar-refractivity contribution in [2.75, 3.05) is 19.6 Å². The van der Waals surface area contributed by atoms with Gasteiger partial charge in [0, 0.05) is 44.0 Å². The zero-order chi connectivity index (χ0) is 18.6. The van der Waals surface area contributed by atoms with Crippen LogP contribution in [0.2, 0.25) is 0 Å². The summed E-state index contributed by atoms with van der Waals surface area (Å²) in [5, 5.41) is 14.2. The Kier molecular flexibility index (Phi) is 5.18. The second kappa shape index (κ2) is 7.90. The number of carbonyl (C=O) groups is 1. The van der Waals surface area contributed by atoms with E-state index in [0.717, 1.165) is 36.0 Å². The summed E-state index contributed by atoms with van der Waals surface area (Å²) < 4.78 is 0. The highest BCUT2D eigenvalue weighted by molar-refractivity contribution is 5.88. The lowest BCUT2D eigenvalue weighted by atomic mass is 10.00. The minimum absolute atomic E-state index is 0.0873. The Labute approximate surface area is 158 Å². The molecule has 1 aliphatic rings. The predicted octanol–water partition coefficient (Wildman–Crippen LogP) is 1.64. The van der Waals surface area contributed by atoms with Gasteiger partial charge in [-0.25, -0.2) is 0 Å². The maximum atomic E-state index is 12.2. The molecule has 0 spiro atoms. The fourth-order valence-corrected chi connectivity index (χ4v) is 3.72. The van der Waals surface area contributed by atoms with Gasteiger partial charge in [-0.3, -0.25) is 14.7 Å². The van der Waals surface area contributed by atoms with Gasteiger partial charge in [-0.2, -0.15) is 0 Å². The standard InChI is InChI=1S/C21H24N4O2/c26-18(14-25-8-6-15-3-1-2-4-16(15)13-25)11-24-21(27)9-17-10-23-20-12-22-7-5-19(17)20/h1-5,7,10,12,18,23,26H,6,8-9,11,13-14H2,(H,24,27). The third-order valence-corrected chi connectivity index (χ3v) is 5.13. The number of aliphatic hydroxyl groups excluding tert-OH is 1. The van der Waals surface area contributed by atoms with E-state index in [-0.39, 0.29) is 18.9 Å². The van der Waals surface area contributed by atoms with E-state index in [9.17, 15) is 9.90 Å². The van der Waals surface area contributed by atoms with Crippen molar-refractivity contribution in [3.8, 4) is 0 Å². The SMILES string of the molecule is O=C(Cc1c[nH]c2cnccc12)NCC(O)CN1CCc2ccccc2C1. The molecular formula is C21H24N4O2. The molecule has 0 fully saturated rings. The molecule has 3 N–H and O–H groups in total. The van der Waals surface area contributed by atoms with Crippen molar-refractivity contribution in [3.63, 3.8) is 0 Å². The summed E-state index contributed by atoms with van der Waals surface area (Å²) in [6, 6.07) is 10.3. The van der Waals surface area contributed by atoms with Crippen LogP contribution in [0.3, 0.4) is 0 Å². The number of hydrogen-bond donors (Lipinski definition) is 3. The number of aromatic amines is 1. The van der Waals surface area contributed by atoms with Crippen LogP contribution >= 0.6 is 0 Å². The third kappa shape index (κ3) is 4.18. The Morgan fingerprint density at radius 1 is 1.30 bits per heavy atom. The molecule has 6 nitrogen and oxygen atoms in total. The Morgan fingerprint density at radius 2 is 2.15 bits per heavy atom. The number of amides is 1. The van der Waals surface area contributed by atoms with Crippen molar-refractivity contribution in [2.45, 2.75) is 25.5 Å². The second-order valence-corrected chi connectivity index (χ2v) is 7.12. The Morgan fingerprint density at radius 3 is 3.04 bits per heavy atom. The highest BCUT2D eigenvalue weighted by Gasteiger charge is 2.19. The van der Waals surface area contributed by atoms with E-state index in [4.69, 9.17) is 0 Å². The number of β-amino-alcohol motifs (C(OH)–C–C–N with tert-alkyl or cyclic N) is 1. The number of pyridine rings is 1. The number of H-pyrrole nitrogens is 1. The Hall–Kier alpha value is -2.70. The maximum Gasteiger partial charge on any atom is 0.224 e. The molecule has 6 heteroatoms. The fourth-order valence-electron chi connectivity index (χ4n) is 3.72. The largest absolute Gasteiger partial charge is 0.390 e. The summed E-state index contributed by atoms with van der Waals surface area (Å²) >= 11 is 0. The van der Waals surface area contributed by atoms with Crippen molar-refractivity contribution >= 4 is 16.8 Å². The molecule has 1 atom stereocenters. The van der Waals surface area contributed by atoms with Crippen molar-refractivity contribution in [1.29, 1.82) is 0 Å². The highest BCUT2D eigenvalue weighted by atomic mass is 16.3. The summed E-state index contributed by atoms with van der Waals surface area (Å²) in [6.07, 6.45) is 6.02. The van der Waals surface area contributed by atoms with E-state index in [0.29, 0.717) is 6.54 Å². The smallest absolute Gasteiger partial charge is 0.224 e. The molecule has 2 aromatic heterocycles. The molecule has 0 saturated carbocycles. The Balaban J connectivity index is 1.26. The van der Waals surface area contributed by atoms with Gasteiger partial charge in [-0.1, -0.05) is 24.3 Å². The molecule has 0 aliphatic carbocycles. The Bertz CT molecular complexity index is 937. The van der Waals surface area contributed by atoms with Crippen LogP contribution in [0.25, 0.3) is 10.9 Å². The summed E-state index contributed by atoms with van der Waals surface area (Å²) in [7, 11) is 0. The monoisotopic (exact) mass is 364 g/mol. The van der Waals surface area contributed by atoms with Gasteiger partial charge in [0.2, 0.25) is 5.91 Å². The first-order chi connectivity index (χ1) is 13.2. The van der Waals surface area contributed by atoms with Crippen LogP contribution in [0.15, 0.2) is 48.9 Å². The summed E-state index contributed by atoms with van der Waals surface area (Å²) in [5.74, 6) is -0.0873. The maximum absolute atomic E-state index is 12.2. The minimum Gasteiger partial charge on any atom is -0.390 e. The molecule has 1 unspecified atom stereocenters. The average molecular weight is 364 g/mol. The quantitative estimate of drug-likeness (QED) is 0.621. The lowest BCUT2D eigenvalue weighted by Crippen LogP contribution is -2.42. The van der Waals surface area contributed by atoms with Gasteiger partial charge in [0.05, 0.1) is 24.2 Å². The fraction of sp³-hybridized carbons (Fsp3) is 0.333. The molecule has 3 aromatic rings. The van der Waals surface area contributed by atoms with Crippen LogP contribution in [0.1, 0.15) is 16.7 Å². The zero-order valence-electron chi connectivity index (χ0n) is 15.2. The zero-order valence-corrected chi connectivity index (χ0v) is 15.2. The molecule has 0 radical (unpaired) electrons. The van der Waals surface area contributed by atoms with Crippen molar-refractivity contribution in [1.82, 2.24) is 20.2 Å².